The average molecular weight is 399 g/mol. The summed E-state index contributed by atoms with van der Waals surface area (Å²) in [6.07, 6.45) is 2.28. The zero-order valence-electron chi connectivity index (χ0n) is 16.8. The van der Waals surface area contributed by atoms with Gasteiger partial charge in [-0.05, 0) is 47.6 Å². The molecule has 28 heavy (non-hydrogen) atoms. The standard InChI is InChI=1S/C23H26O4S/c1-5-26-21(25)18-17-15(12-8-6-7-9-14(12)27-20(17)24)16-13-10-11-23(4,19(16)28-18)22(13,2)3/h6-9,13,15,17-18H,5,10-11H2,1-4H3/t13-,15+,17-,18-,23+/m1/s1. The second-order valence-electron chi connectivity index (χ2n) is 9.18. The van der Waals surface area contributed by atoms with E-state index in [0.717, 1.165) is 18.4 Å². The highest BCUT2D eigenvalue weighted by atomic mass is 32.2. The summed E-state index contributed by atoms with van der Waals surface area (Å²) < 4.78 is 11.1. The molecule has 0 N–H and O–H groups in total. The number of carbonyl (C=O) groups is 2. The minimum atomic E-state index is -0.545. The van der Waals surface area contributed by atoms with Crippen molar-refractivity contribution in [2.24, 2.45) is 22.7 Å². The Kier molecular flexibility index (Phi) is 3.84. The average Bonchev–Trinajstić information content (AvgIpc) is 2.99. The van der Waals surface area contributed by atoms with Gasteiger partial charge < -0.3 is 9.47 Å². The third-order valence-electron chi connectivity index (χ3n) is 7.89. The van der Waals surface area contributed by atoms with Crippen LogP contribution in [0.4, 0.5) is 0 Å². The van der Waals surface area contributed by atoms with Gasteiger partial charge in [0.25, 0.3) is 0 Å². The fourth-order valence-corrected chi connectivity index (χ4v) is 7.96. The Morgan fingerprint density at radius 2 is 2.04 bits per heavy atom. The smallest absolute Gasteiger partial charge is 0.320 e. The highest BCUT2D eigenvalue weighted by molar-refractivity contribution is 8.04. The van der Waals surface area contributed by atoms with Crippen LogP contribution in [0.25, 0.3) is 0 Å². The fraction of sp³-hybridized carbons (Fsp3) is 0.565. The van der Waals surface area contributed by atoms with Gasteiger partial charge in [0.1, 0.15) is 11.0 Å². The number of ether oxygens (including phenoxy) is 2. The van der Waals surface area contributed by atoms with Crippen LogP contribution in [-0.4, -0.2) is 23.8 Å². The van der Waals surface area contributed by atoms with E-state index in [1.807, 2.05) is 25.1 Å². The molecule has 2 aliphatic heterocycles. The lowest BCUT2D eigenvalue weighted by molar-refractivity contribution is -0.150. The maximum Gasteiger partial charge on any atom is 0.320 e. The lowest BCUT2D eigenvalue weighted by atomic mass is 9.68. The molecule has 1 aromatic carbocycles. The van der Waals surface area contributed by atoms with Gasteiger partial charge in [-0.2, -0.15) is 0 Å². The van der Waals surface area contributed by atoms with E-state index in [4.69, 9.17) is 9.47 Å². The number of carbonyl (C=O) groups excluding carboxylic acids is 2. The zero-order valence-corrected chi connectivity index (χ0v) is 17.6. The normalized spacial score (nSPS) is 37.1. The molecule has 5 rings (SSSR count). The Morgan fingerprint density at radius 3 is 2.79 bits per heavy atom. The number of hydrogen-bond donors (Lipinski definition) is 0. The van der Waals surface area contributed by atoms with Crippen LogP contribution in [0, 0.1) is 22.7 Å². The van der Waals surface area contributed by atoms with Gasteiger partial charge in [-0.25, -0.2) is 0 Å². The van der Waals surface area contributed by atoms with Crippen LogP contribution < -0.4 is 4.74 Å². The number of para-hydroxylation sites is 1. The number of benzene rings is 1. The van der Waals surface area contributed by atoms with Gasteiger partial charge in [0.2, 0.25) is 0 Å². The Balaban J connectivity index is 1.73. The molecule has 0 spiro atoms. The van der Waals surface area contributed by atoms with Crippen molar-refractivity contribution in [1.82, 2.24) is 0 Å². The molecule has 0 aromatic heterocycles. The first-order valence-corrected chi connectivity index (χ1v) is 11.1. The molecule has 1 fully saturated rings. The van der Waals surface area contributed by atoms with Gasteiger partial charge in [-0.15, -0.1) is 11.8 Å². The van der Waals surface area contributed by atoms with Crippen molar-refractivity contribution >= 4 is 23.7 Å². The van der Waals surface area contributed by atoms with E-state index >= 15 is 0 Å². The minimum Gasteiger partial charge on any atom is -0.465 e. The van der Waals surface area contributed by atoms with Crippen molar-refractivity contribution in [3.63, 3.8) is 0 Å². The molecule has 1 aromatic rings. The van der Waals surface area contributed by atoms with Crippen molar-refractivity contribution in [3.05, 3.63) is 40.3 Å². The lowest BCUT2D eigenvalue weighted by Gasteiger charge is -2.44. The summed E-state index contributed by atoms with van der Waals surface area (Å²) in [6, 6.07) is 7.82. The monoisotopic (exact) mass is 398 g/mol. The predicted molar refractivity (Wildman–Crippen MR) is 108 cm³/mol. The number of thioether (sulfide) groups is 1. The second-order valence-corrected chi connectivity index (χ2v) is 10.3. The molecular formula is C23H26O4S. The third-order valence-corrected chi connectivity index (χ3v) is 9.55. The number of fused-ring (bicyclic) bond motifs is 8. The minimum absolute atomic E-state index is 0.0453. The van der Waals surface area contributed by atoms with E-state index < -0.39 is 11.2 Å². The van der Waals surface area contributed by atoms with Crippen LogP contribution in [0.1, 0.15) is 52.0 Å². The van der Waals surface area contributed by atoms with E-state index in [2.05, 4.69) is 26.8 Å². The molecule has 0 radical (unpaired) electrons. The maximum absolute atomic E-state index is 13.1. The van der Waals surface area contributed by atoms with Crippen molar-refractivity contribution in [3.8, 4) is 5.75 Å². The molecule has 0 unspecified atom stereocenters. The second kappa shape index (κ2) is 5.88. The first kappa shape index (κ1) is 18.3. The van der Waals surface area contributed by atoms with Crippen molar-refractivity contribution in [1.29, 1.82) is 0 Å². The summed E-state index contributed by atoms with van der Waals surface area (Å²) in [4.78, 5) is 27.3. The van der Waals surface area contributed by atoms with Crippen molar-refractivity contribution < 1.29 is 19.1 Å². The van der Waals surface area contributed by atoms with Crippen LogP contribution in [0.5, 0.6) is 5.75 Å². The Hall–Kier alpha value is -1.75. The predicted octanol–water partition coefficient (Wildman–Crippen LogP) is 4.69. The van der Waals surface area contributed by atoms with Crippen LogP contribution in [-0.2, 0) is 14.3 Å². The van der Waals surface area contributed by atoms with Gasteiger partial charge in [0, 0.05) is 16.9 Å². The van der Waals surface area contributed by atoms with Crippen LogP contribution in [0.15, 0.2) is 34.7 Å². The molecule has 1 saturated carbocycles. The number of allylic oxidation sites excluding steroid dienone is 2. The molecule has 148 valence electrons. The van der Waals surface area contributed by atoms with Gasteiger partial charge in [-0.3, -0.25) is 9.59 Å². The summed E-state index contributed by atoms with van der Waals surface area (Å²) in [5, 5.41) is -0.545. The van der Waals surface area contributed by atoms with Gasteiger partial charge in [-0.1, -0.05) is 39.0 Å². The highest BCUT2D eigenvalue weighted by Crippen LogP contribution is 2.75. The number of hydrogen-bond acceptors (Lipinski definition) is 5. The van der Waals surface area contributed by atoms with Crippen molar-refractivity contribution in [2.75, 3.05) is 6.61 Å². The third kappa shape index (κ3) is 2.09. The summed E-state index contributed by atoms with van der Waals surface area (Å²) in [6.45, 7) is 9.17. The van der Waals surface area contributed by atoms with E-state index in [1.54, 1.807) is 11.8 Å². The molecule has 4 nitrogen and oxygen atoms in total. The molecule has 2 bridgehead atoms. The number of rotatable bonds is 2. The summed E-state index contributed by atoms with van der Waals surface area (Å²) in [7, 11) is 0. The zero-order chi connectivity index (χ0) is 19.8. The summed E-state index contributed by atoms with van der Waals surface area (Å²) in [5.74, 6) is -0.123. The first-order valence-electron chi connectivity index (χ1n) is 10.2. The molecule has 2 aliphatic carbocycles. The summed E-state index contributed by atoms with van der Waals surface area (Å²) in [5.41, 5.74) is 2.60. The van der Waals surface area contributed by atoms with Crippen LogP contribution in [0.3, 0.4) is 0 Å². The first-order chi connectivity index (χ1) is 13.3. The molecule has 5 heteroatoms. The van der Waals surface area contributed by atoms with E-state index in [-0.39, 0.29) is 28.7 Å². The fourth-order valence-electron chi connectivity index (χ4n) is 6.10. The van der Waals surface area contributed by atoms with Crippen molar-refractivity contribution in [2.45, 2.75) is 51.7 Å². The molecule has 4 aliphatic rings. The maximum atomic E-state index is 13.1. The highest BCUT2D eigenvalue weighted by Gasteiger charge is 2.66. The quantitative estimate of drug-likeness (QED) is 0.534. The van der Waals surface area contributed by atoms with Gasteiger partial charge in [0.15, 0.2) is 0 Å². The topological polar surface area (TPSA) is 52.6 Å². The largest absolute Gasteiger partial charge is 0.465 e. The van der Waals surface area contributed by atoms with Gasteiger partial charge >= 0.3 is 11.9 Å². The lowest BCUT2D eigenvalue weighted by Crippen LogP contribution is -2.46. The molecule has 0 amide bonds. The molecular weight excluding hydrogens is 372 g/mol. The number of esters is 2. The SMILES string of the molecule is CCOC(=O)[C@@H]1SC2=C([C@@H]3c4ccccc4OC(=O)[C@H]31)[C@H]1CC[C@]2(C)C1(C)C. The van der Waals surface area contributed by atoms with Crippen LogP contribution >= 0.6 is 11.8 Å². The van der Waals surface area contributed by atoms with E-state index in [9.17, 15) is 9.59 Å². The van der Waals surface area contributed by atoms with E-state index in [1.165, 1.54) is 10.5 Å². The Labute approximate surface area is 170 Å². The molecule has 5 atom stereocenters. The van der Waals surface area contributed by atoms with Gasteiger partial charge in [0.05, 0.1) is 12.5 Å². The Bertz CT molecular complexity index is 917. The van der Waals surface area contributed by atoms with Crippen LogP contribution in [0.2, 0.25) is 0 Å². The molecule has 0 saturated heterocycles. The molecule has 2 heterocycles. The summed E-state index contributed by atoms with van der Waals surface area (Å²) >= 11 is 1.58. The van der Waals surface area contributed by atoms with E-state index in [0.29, 0.717) is 18.3 Å². The Morgan fingerprint density at radius 1 is 1.29 bits per heavy atom.